The molecule has 5 nitrogen and oxygen atoms in total. The van der Waals surface area contributed by atoms with Crippen LogP contribution in [0.1, 0.15) is 16.8 Å². The molecule has 1 aromatic carbocycles. The predicted molar refractivity (Wildman–Crippen MR) is 97.4 cm³/mol. The molecule has 27 heavy (non-hydrogen) atoms. The summed E-state index contributed by atoms with van der Waals surface area (Å²) in [5.41, 5.74) is 1.17. The van der Waals surface area contributed by atoms with Gasteiger partial charge in [0.2, 0.25) is 5.91 Å². The van der Waals surface area contributed by atoms with E-state index in [4.69, 9.17) is 11.6 Å². The van der Waals surface area contributed by atoms with E-state index >= 15 is 0 Å². The van der Waals surface area contributed by atoms with Crippen molar-refractivity contribution in [1.29, 1.82) is 0 Å². The number of benzene rings is 1. The molecule has 0 aliphatic carbocycles. The van der Waals surface area contributed by atoms with E-state index in [1.807, 2.05) is 6.92 Å². The highest BCUT2D eigenvalue weighted by Crippen LogP contribution is 2.35. The van der Waals surface area contributed by atoms with E-state index in [9.17, 15) is 18.0 Å². The van der Waals surface area contributed by atoms with E-state index in [-0.39, 0.29) is 5.56 Å². The predicted octanol–water partition coefficient (Wildman–Crippen LogP) is 4.60. The third kappa shape index (κ3) is 4.11. The number of aryl methyl sites for hydroxylation is 2. The van der Waals surface area contributed by atoms with Crippen LogP contribution >= 0.6 is 11.6 Å². The standard InChI is InChI=1S/C18H14ClF3N4O/c1-10-13-8-12(9-23-17(13)26(2)25-10)24-16(27)6-4-11-3-5-15(19)14(7-11)18(20,21)22/h3-9H,1-2H3,(H,24,27)/b6-4-. The Morgan fingerprint density at radius 1 is 1.30 bits per heavy atom. The van der Waals surface area contributed by atoms with Gasteiger partial charge in [-0.1, -0.05) is 17.7 Å². The minimum Gasteiger partial charge on any atom is -0.321 e. The first-order valence-corrected chi connectivity index (χ1v) is 8.18. The molecule has 140 valence electrons. The Morgan fingerprint density at radius 2 is 2.04 bits per heavy atom. The Bertz CT molecular complexity index is 1060. The summed E-state index contributed by atoms with van der Waals surface area (Å²) in [5.74, 6) is -0.499. The Hall–Kier alpha value is -2.87. The van der Waals surface area contributed by atoms with Gasteiger partial charge in [-0.15, -0.1) is 0 Å². The molecule has 9 heteroatoms. The lowest BCUT2D eigenvalue weighted by atomic mass is 10.1. The zero-order valence-corrected chi connectivity index (χ0v) is 15.1. The molecule has 2 aromatic heterocycles. The van der Waals surface area contributed by atoms with E-state index in [0.717, 1.165) is 29.3 Å². The average Bonchev–Trinajstić information content (AvgIpc) is 2.87. The minimum absolute atomic E-state index is 0.207. The summed E-state index contributed by atoms with van der Waals surface area (Å²) < 4.78 is 40.3. The maximum absolute atomic E-state index is 12.9. The molecule has 0 radical (unpaired) electrons. The van der Waals surface area contributed by atoms with Crippen molar-refractivity contribution in [2.24, 2.45) is 7.05 Å². The zero-order chi connectivity index (χ0) is 19.8. The lowest BCUT2D eigenvalue weighted by Gasteiger charge is -2.09. The van der Waals surface area contributed by atoms with E-state index in [1.54, 1.807) is 17.8 Å². The van der Waals surface area contributed by atoms with Crippen LogP contribution in [-0.4, -0.2) is 20.7 Å². The summed E-state index contributed by atoms with van der Waals surface area (Å²) in [5, 5.41) is 7.27. The summed E-state index contributed by atoms with van der Waals surface area (Å²) in [6, 6.07) is 5.16. The number of carbonyl (C=O) groups excluding carboxylic acids is 1. The van der Waals surface area contributed by atoms with Crippen molar-refractivity contribution in [1.82, 2.24) is 14.8 Å². The number of rotatable bonds is 3. The van der Waals surface area contributed by atoms with E-state index < -0.39 is 22.7 Å². The Morgan fingerprint density at radius 3 is 2.74 bits per heavy atom. The first-order chi connectivity index (χ1) is 12.6. The molecular formula is C18H14ClF3N4O. The number of nitrogens with zero attached hydrogens (tertiary/aromatic N) is 3. The Labute approximate surface area is 157 Å². The van der Waals surface area contributed by atoms with Crippen molar-refractivity contribution in [3.05, 3.63) is 58.4 Å². The highest BCUT2D eigenvalue weighted by atomic mass is 35.5. The fourth-order valence-corrected chi connectivity index (χ4v) is 2.82. The number of anilines is 1. The Balaban J connectivity index is 1.77. The number of hydrogen-bond acceptors (Lipinski definition) is 3. The molecule has 0 spiro atoms. The number of aromatic nitrogens is 3. The number of alkyl halides is 3. The fourth-order valence-electron chi connectivity index (χ4n) is 2.60. The third-order valence-electron chi connectivity index (χ3n) is 3.85. The lowest BCUT2D eigenvalue weighted by Crippen LogP contribution is -2.08. The summed E-state index contributed by atoms with van der Waals surface area (Å²) >= 11 is 5.58. The van der Waals surface area contributed by atoms with Crippen LogP contribution in [0, 0.1) is 6.92 Å². The van der Waals surface area contributed by atoms with E-state index in [0.29, 0.717) is 11.3 Å². The largest absolute Gasteiger partial charge is 0.417 e. The molecule has 1 N–H and O–H groups in total. The number of amides is 1. The van der Waals surface area contributed by atoms with E-state index in [1.165, 1.54) is 18.3 Å². The summed E-state index contributed by atoms with van der Waals surface area (Å²) in [4.78, 5) is 16.3. The number of carbonyl (C=O) groups is 1. The Kier molecular flexibility index (Phi) is 4.93. The molecule has 0 saturated heterocycles. The number of nitrogens with one attached hydrogen (secondary N) is 1. The van der Waals surface area contributed by atoms with Crippen LogP contribution in [0.5, 0.6) is 0 Å². The molecule has 1 amide bonds. The van der Waals surface area contributed by atoms with Gasteiger partial charge in [-0.25, -0.2) is 4.98 Å². The monoisotopic (exact) mass is 394 g/mol. The lowest BCUT2D eigenvalue weighted by molar-refractivity contribution is -0.137. The molecule has 0 atom stereocenters. The second-order valence-corrected chi connectivity index (χ2v) is 6.27. The van der Waals surface area contributed by atoms with Crippen LogP contribution in [0.2, 0.25) is 5.02 Å². The maximum atomic E-state index is 12.9. The highest BCUT2D eigenvalue weighted by Gasteiger charge is 2.33. The average molecular weight is 395 g/mol. The van der Waals surface area contributed by atoms with Gasteiger partial charge in [0.1, 0.15) is 0 Å². The zero-order valence-electron chi connectivity index (χ0n) is 14.3. The van der Waals surface area contributed by atoms with Crippen molar-refractivity contribution in [3.8, 4) is 0 Å². The quantitative estimate of drug-likeness (QED) is 0.660. The van der Waals surface area contributed by atoms with Crippen LogP contribution in [0.15, 0.2) is 36.5 Å². The van der Waals surface area contributed by atoms with Gasteiger partial charge in [0.15, 0.2) is 5.65 Å². The van der Waals surface area contributed by atoms with Crippen molar-refractivity contribution in [3.63, 3.8) is 0 Å². The first-order valence-electron chi connectivity index (χ1n) is 7.80. The maximum Gasteiger partial charge on any atom is 0.417 e. The normalized spacial score (nSPS) is 12.1. The second-order valence-electron chi connectivity index (χ2n) is 5.86. The van der Waals surface area contributed by atoms with Crippen LogP contribution in [0.3, 0.4) is 0 Å². The van der Waals surface area contributed by atoms with Gasteiger partial charge in [-0.05, 0) is 36.8 Å². The molecule has 0 saturated carbocycles. The molecule has 0 fully saturated rings. The van der Waals surface area contributed by atoms with Gasteiger partial charge >= 0.3 is 6.18 Å². The smallest absolute Gasteiger partial charge is 0.321 e. The van der Waals surface area contributed by atoms with E-state index in [2.05, 4.69) is 15.4 Å². The van der Waals surface area contributed by atoms with Crippen LogP contribution in [0.4, 0.5) is 18.9 Å². The van der Waals surface area contributed by atoms with Gasteiger partial charge in [0.05, 0.1) is 28.2 Å². The summed E-state index contributed by atoms with van der Waals surface area (Å²) in [7, 11) is 1.77. The topological polar surface area (TPSA) is 59.8 Å². The first kappa shape index (κ1) is 18.9. The van der Waals surface area contributed by atoms with Crippen LogP contribution in [-0.2, 0) is 18.0 Å². The fraction of sp³-hybridized carbons (Fsp3) is 0.167. The molecule has 0 bridgehead atoms. The minimum atomic E-state index is -4.56. The summed E-state index contributed by atoms with van der Waals surface area (Å²) in [6.45, 7) is 1.83. The van der Waals surface area contributed by atoms with Crippen molar-refractivity contribution in [2.75, 3.05) is 5.32 Å². The van der Waals surface area contributed by atoms with Gasteiger partial charge < -0.3 is 5.32 Å². The number of pyridine rings is 1. The number of hydrogen-bond donors (Lipinski definition) is 1. The SMILES string of the molecule is Cc1nn(C)c2ncc(NC(=O)/C=C\c3ccc(Cl)c(C(F)(F)F)c3)cc12. The van der Waals surface area contributed by atoms with Gasteiger partial charge in [0, 0.05) is 18.5 Å². The van der Waals surface area contributed by atoms with Crippen molar-refractivity contribution < 1.29 is 18.0 Å². The second kappa shape index (κ2) is 7.03. The van der Waals surface area contributed by atoms with Gasteiger partial charge in [0.25, 0.3) is 0 Å². The molecule has 3 rings (SSSR count). The van der Waals surface area contributed by atoms with Crippen molar-refractivity contribution in [2.45, 2.75) is 13.1 Å². The molecule has 2 heterocycles. The summed E-state index contributed by atoms with van der Waals surface area (Å²) in [6.07, 6.45) is -0.656. The molecule has 3 aromatic rings. The van der Waals surface area contributed by atoms with Crippen LogP contribution < -0.4 is 5.32 Å². The van der Waals surface area contributed by atoms with Gasteiger partial charge in [-0.2, -0.15) is 18.3 Å². The molecule has 0 aliphatic heterocycles. The molecular weight excluding hydrogens is 381 g/mol. The molecule has 0 unspecified atom stereocenters. The van der Waals surface area contributed by atoms with Crippen LogP contribution in [0.25, 0.3) is 17.1 Å². The van der Waals surface area contributed by atoms with Gasteiger partial charge in [-0.3, -0.25) is 9.48 Å². The number of halogens is 4. The van der Waals surface area contributed by atoms with Crippen molar-refractivity contribution >= 4 is 40.3 Å². The highest BCUT2D eigenvalue weighted by molar-refractivity contribution is 6.31. The third-order valence-corrected chi connectivity index (χ3v) is 4.18. The number of fused-ring (bicyclic) bond motifs is 1. The molecule has 0 aliphatic rings.